The van der Waals surface area contributed by atoms with E-state index in [1.54, 1.807) is 0 Å². The van der Waals surface area contributed by atoms with Gasteiger partial charge >= 0.3 is 54.7 Å². The van der Waals surface area contributed by atoms with Gasteiger partial charge < -0.3 is 0 Å². The molecule has 0 bridgehead atoms. The topological polar surface area (TPSA) is 0 Å². The average Bonchev–Trinajstić information content (AvgIpc) is 1.68. The van der Waals surface area contributed by atoms with Crippen LogP contribution in [0.15, 0.2) is 0 Å². The fraction of sp³-hybridized carbons (Fsp3) is 1.00. The zero-order valence-electron chi connectivity index (χ0n) is 5.15. The van der Waals surface area contributed by atoms with Crippen molar-refractivity contribution in [3.8, 4) is 0 Å². The second-order valence-electron chi connectivity index (χ2n) is 2.03. The van der Waals surface area contributed by atoms with Crippen LogP contribution in [0.1, 0.15) is 26.7 Å². The summed E-state index contributed by atoms with van der Waals surface area (Å²) in [5, 5.41) is 1.28. The molecule has 0 heterocycles. The molecule has 0 saturated carbocycles. The van der Waals surface area contributed by atoms with Gasteiger partial charge in [-0.2, -0.15) is 0 Å². The van der Waals surface area contributed by atoms with Crippen LogP contribution < -0.4 is 0 Å². The molecule has 0 aliphatic heterocycles. The van der Waals surface area contributed by atoms with Gasteiger partial charge in [-0.3, -0.25) is 0 Å². The van der Waals surface area contributed by atoms with E-state index in [0.29, 0.717) is 0 Å². The van der Waals surface area contributed by atoms with Crippen molar-refractivity contribution in [2.24, 2.45) is 5.92 Å². The van der Waals surface area contributed by atoms with Gasteiger partial charge in [-0.15, -0.1) is 0 Å². The number of hydrogen-bond donors (Lipinski definition) is 0. The van der Waals surface area contributed by atoms with E-state index in [2.05, 4.69) is 30.7 Å². The van der Waals surface area contributed by atoms with Crippen LogP contribution in [-0.4, -0.2) is 16.9 Å². The zero-order chi connectivity index (χ0) is 5.70. The molecule has 7 heavy (non-hydrogen) atoms. The summed E-state index contributed by atoms with van der Waals surface area (Å²) in [6, 6.07) is 0. The minimum atomic E-state index is 0.933. The first-order valence-corrected chi connectivity index (χ1v) is 4.24. The van der Waals surface area contributed by atoms with Crippen molar-refractivity contribution in [1.82, 2.24) is 0 Å². The molecular formula is C6H13As+. The third-order valence-electron chi connectivity index (χ3n) is 1.32. The number of hydrogen-bond acceptors (Lipinski definition) is 0. The molecule has 0 amide bonds. The summed E-state index contributed by atoms with van der Waals surface area (Å²) in [5.41, 5.74) is 0. The Labute approximate surface area is 55.2 Å². The molecule has 0 aliphatic carbocycles. The van der Waals surface area contributed by atoms with Gasteiger partial charge in [0.2, 0.25) is 0 Å². The predicted octanol–water partition coefficient (Wildman–Crippen LogP) is 2.01. The normalized spacial score (nSPS) is 14.1. The summed E-state index contributed by atoms with van der Waals surface area (Å²) in [5.74, 6) is 0.933. The van der Waals surface area contributed by atoms with Crippen LogP contribution in [0.5, 0.6) is 0 Å². The Hall–Kier alpha value is 0.558. The Morgan fingerprint density at radius 3 is 2.29 bits per heavy atom. The van der Waals surface area contributed by atoms with Crippen molar-refractivity contribution in [2.75, 3.05) is 0 Å². The van der Waals surface area contributed by atoms with Gasteiger partial charge in [0.25, 0.3) is 0 Å². The van der Waals surface area contributed by atoms with Gasteiger partial charge in [-0.1, -0.05) is 0 Å². The molecule has 0 N–H and O–H groups in total. The fourth-order valence-electron chi connectivity index (χ4n) is 0.425. The van der Waals surface area contributed by atoms with E-state index in [0.717, 1.165) is 5.92 Å². The van der Waals surface area contributed by atoms with Gasteiger partial charge in [0.05, 0.1) is 0 Å². The monoisotopic (exact) mass is 160 g/mol. The maximum absolute atomic E-state index is 2.63. The first kappa shape index (κ1) is 7.56. The van der Waals surface area contributed by atoms with E-state index in [-0.39, 0.29) is 0 Å². The van der Waals surface area contributed by atoms with Crippen molar-refractivity contribution < 1.29 is 0 Å². The van der Waals surface area contributed by atoms with Gasteiger partial charge in [0.15, 0.2) is 0 Å². The molecule has 41 valence electrons. The molecule has 0 aliphatic rings. The molecule has 0 rings (SSSR count). The first-order valence-electron chi connectivity index (χ1n) is 2.92. The van der Waals surface area contributed by atoms with Crippen LogP contribution in [0.25, 0.3) is 0 Å². The van der Waals surface area contributed by atoms with E-state index < -0.39 is 0 Å². The Morgan fingerprint density at radius 1 is 1.57 bits per heavy atom. The average molecular weight is 160 g/mol. The van der Waals surface area contributed by atoms with Crippen LogP contribution in [0.2, 0.25) is 5.21 Å². The van der Waals surface area contributed by atoms with Gasteiger partial charge in [0.1, 0.15) is 0 Å². The van der Waals surface area contributed by atoms with Crippen LogP contribution in [0, 0.1) is 5.92 Å². The van der Waals surface area contributed by atoms with Crippen LogP contribution in [0.4, 0.5) is 0 Å². The van der Waals surface area contributed by atoms with Gasteiger partial charge in [0, 0.05) is 0 Å². The summed E-state index contributed by atoms with van der Waals surface area (Å²) in [6.07, 6.45) is 2.70. The molecule has 0 saturated heterocycles. The molecule has 0 aromatic rings. The van der Waals surface area contributed by atoms with E-state index in [1.165, 1.54) is 18.1 Å². The molecule has 0 aromatic heterocycles. The second-order valence-corrected chi connectivity index (χ2v) is 2.96. The third-order valence-corrected chi connectivity index (χ3v) is 1.86. The van der Waals surface area contributed by atoms with E-state index in [1.807, 2.05) is 0 Å². The van der Waals surface area contributed by atoms with Crippen LogP contribution in [0.3, 0.4) is 0 Å². The van der Waals surface area contributed by atoms with Crippen molar-refractivity contribution in [1.29, 1.82) is 0 Å². The molecule has 1 atom stereocenters. The molecular weight excluding hydrogens is 147 g/mol. The molecule has 0 spiro atoms. The van der Waals surface area contributed by atoms with Crippen LogP contribution in [-0.2, 0) is 0 Å². The molecule has 0 fully saturated rings. The standard InChI is InChI=1S/C6H13As/c1-3-6(2)4-5-7/h6H,3-5H2,1-2H3/q+1. The van der Waals surface area contributed by atoms with E-state index in [4.69, 9.17) is 0 Å². The van der Waals surface area contributed by atoms with E-state index >= 15 is 0 Å². The zero-order valence-corrected chi connectivity index (χ0v) is 7.02. The SMILES string of the molecule is CCC(C)CC[As+]. The van der Waals surface area contributed by atoms with Crippen molar-refractivity contribution >= 4 is 16.9 Å². The quantitative estimate of drug-likeness (QED) is 0.554. The second kappa shape index (κ2) is 4.71. The predicted molar refractivity (Wildman–Crippen MR) is 34.6 cm³/mol. The molecule has 3 radical (unpaired) electrons. The summed E-state index contributed by atoms with van der Waals surface area (Å²) in [4.78, 5) is 0. The van der Waals surface area contributed by atoms with Crippen LogP contribution >= 0.6 is 0 Å². The van der Waals surface area contributed by atoms with E-state index in [9.17, 15) is 0 Å². The summed E-state index contributed by atoms with van der Waals surface area (Å²) < 4.78 is 0. The molecule has 1 heteroatoms. The summed E-state index contributed by atoms with van der Waals surface area (Å²) in [7, 11) is 0. The van der Waals surface area contributed by atoms with Gasteiger partial charge in [-0.25, -0.2) is 0 Å². The van der Waals surface area contributed by atoms with Gasteiger partial charge in [-0.05, 0) is 0 Å². The van der Waals surface area contributed by atoms with Crippen molar-refractivity contribution in [3.63, 3.8) is 0 Å². The Kier molecular flexibility index (Phi) is 5.09. The Morgan fingerprint density at radius 2 is 2.14 bits per heavy atom. The molecule has 0 aromatic carbocycles. The Bertz CT molecular complexity index is 35.2. The van der Waals surface area contributed by atoms with Crippen molar-refractivity contribution in [2.45, 2.75) is 31.9 Å². The number of rotatable bonds is 3. The van der Waals surface area contributed by atoms with Crippen molar-refractivity contribution in [3.05, 3.63) is 0 Å². The summed E-state index contributed by atoms with van der Waals surface area (Å²) >= 11 is 2.63. The first-order chi connectivity index (χ1) is 3.31. The third kappa shape index (κ3) is 4.41. The fourth-order valence-corrected chi connectivity index (χ4v) is 1.35. The Balaban J connectivity index is 2.83. The molecule has 0 nitrogen and oxygen atoms in total. The minimum absolute atomic E-state index is 0.933. The molecule has 1 unspecified atom stereocenters. The maximum atomic E-state index is 2.63. The summed E-state index contributed by atoms with van der Waals surface area (Å²) in [6.45, 7) is 4.54.